The lowest BCUT2D eigenvalue weighted by molar-refractivity contribution is 0.114. The third-order valence-electron chi connectivity index (χ3n) is 3.07. The zero-order valence-electron chi connectivity index (χ0n) is 11.1. The number of rotatable bonds is 6. The summed E-state index contributed by atoms with van der Waals surface area (Å²) in [6.45, 7) is 3.67. The molecule has 0 radical (unpaired) electrons. The molecule has 1 aromatic carbocycles. The van der Waals surface area contributed by atoms with Gasteiger partial charge in [0.05, 0.1) is 11.8 Å². The van der Waals surface area contributed by atoms with Gasteiger partial charge in [-0.2, -0.15) is 0 Å². The van der Waals surface area contributed by atoms with Gasteiger partial charge in [-0.25, -0.2) is 13.1 Å². The molecule has 1 saturated heterocycles. The Morgan fingerprint density at radius 1 is 1.37 bits per heavy atom. The van der Waals surface area contributed by atoms with Crippen molar-refractivity contribution in [2.24, 2.45) is 0 Å². The van der Waals surface area contributed by atoms with Crippen molar-refractivity contribution in [2.45, 2.75) is 30.8 Å². The zero-order valence-corrected chi connectivity index (χ0v) is 11.9. The van der Waals surface area contributed by atoms with E-state index in [1.807, 2.05) is 13.0 Å². The second kappa shape index (κ2) is 6.36. The topological polar surface area (TPSA) is 67.4 Å². The number of anilines is 1. The average molecular weight is 284 g/mol. The fourth-order valence-electron chi connectivity index (χ4n) is 2.12. The molecule has 0 aliphatic carbocycles. The van der Waals surface area contributed by atoms with Crippen LogP contribution in [0.1, 0.15) is 19.8 Å². The molecule has 0 amide bonds. The Balaban J connectivity index is 2.09. The molecule has 1 aliphatic heterocycles. The van der Waals surface area contributed by atoms with Gasteiger partial charge >= 0.3 is 0 Å². The zero-order chi connectivity index (χ0) is 13.7. The summed E-state index contributed by atoms with van der Waals surface area (Å²) >= 11 is 0. The molecule has 19 heavy (non-hydrogen) atoms. The minimum atomic E-state index is -3.49. The van der Waals surface area contributed by atoms with E-state index in [-0.39, 0.29) is 11.0 Å². The highest BCUT2D eigenvalue weighted by molar-refractivity contribution is 7.89. The Kier molecular flexibility index (Phi) is 4.79. The summed E-state index contributed by atoms with van der Waals surface area (Å²) in [6, 6.07) is 6.92. The van der Waals surface area contributed by atoms with Crippen LogP contribution in [0.5, 0.6) is 0 Å². The molecule has 0 saturated carbocycles. The van der Waals surface area contributed by atoms with E-state index in [4.69, 9.17) is 4.74 Å². The first-order chi connectivity index (χ1) is 9.13. The van der Waals surface area contributed by atoms with E-state index in [9.17, 15) is 8.42 Å². The van der Waals surface area contributed by atoms with Gasteiger partial charge in [0.2, 0.25) is 10.0 Å². The highest BCUT2D eigenvalue weighted by Gasteiger charge is 2.21. The van der Waals surface area contributed by atoms with Crippen LogP contribution in [0.4, 0.5) is 5.69 Å². The van der Waals surface area contributed by atoms with Crippen molar-refractivity contribution in [1.82, 2.24) is 4.72 Å². The second-order valence-electron chi connectivity index (χ2n) is 4.51. The fourth-order valence-corrected chi connectivity index (χ4v) is 3.37. The highest BCUT2D eigenvalue weighted by atomic mass is 32.2. The SMILES string of the molecule is CCNc1ccccc1S(=O)(=O)NCC1CCCO1. The molecular weight excluding hydrogens is 264 g/mol. The monoisotopic (exact) mass is 284 g/mol. The quantitative estimate of drug-likeness (QED) is 0.832. The van der Waals surface area contributed by atoms with Crippen LogP contribution in [-0.2, 0) is 14.8 Å². The van der Waals surface area contributed by atoms with E-state index >= 15 is 0 Å². The van der Waals surface area contributed by atoms with E-state index in [1.165, 1.54) is 0 Å². The Hall–Kier alpha value is -1.11. The van der Waals surface area contributed by atoms with Gasteiger partial charge in [0, 0.05) is 19.7 Å². The number of hydrogen-bond acceptors (Lipinski definition) is 4. The van der Waals surface area contributed by atoms with Gasteiger partial charge < -0.3 is 10.1 Å². The minimum Gasteiger partial charge on any atom is -0.384 e. The van der Waals surface area contributed by atoms with Crippen molar-refractivity contribution in [3.63, 3.8) is 0 Å². The summed E-state index contributed by atoms with van der Waals surface area (Å²) in [4.78, 5) is 0.287. The van der Waals surface area contributed by atoms with Gasteiger partial charge in [-0.15, -0.1) is 0 Å². The number of ether oxygens (including phenoxy) is 1. The van der Waals surface area contributed by atoms with Crippen molar-refractivity contribution in [2.75, 3.05) is 25.0 Å². The van der Waals surface area contributed by atoms with Crippen LogP contribution >= 0.6 is 0 Å². The molecule has 1 fully saturated rings. The molecular formula is C13H20N2O3S. The summed E-state index contributed by atoms with van der Waals surface area (Å²) in [7, 11) is -3.49. The smallest absolute Gasteiger partial charge is 0.242 e. The van der Waals surface area contributed by atoms with E-state index in [0.717, 1.165) is 19.4 Å². The van der Waals surface area contributed by atoms with E-state index in [2.05, 4.69) is 10.0 Å². The average Bonchev–Trinajstić information content (AvgIpc) is 2.91. The first-order valence-electron chi connectivity index (χ1n) is 6.57. The third kappa shape index (κ3) is 3.68. The molecule has 1 atom stereocenters. The number of para-hydroxylation sites is 1. The van der Waals surface area contributed by atoms with E-state index < -0.39 is 10.0 Å². The molecule has 5 nitrogen and oxygen atoms in total. The van der Waals surface area contributed by atoms with Crippen LogP contribution in [0.25, 0.3) is 0 Å². The van der Waals surface area contributed by atoms with Crippen LogP contribution in [0.3, 0.4) is 0 Å². The number of nitrogens with one attached hydrogen (secondary N) is 2. The molecule has 2 rings (SSSR count). The van der Waals surface area contributed by atoms with Gasteiger partial charge in [-0.1, -0.05) is 12.1 Å². The van der Waals surface area contributed by atoms with Gasteiger partial charge in [0.15, 0.2) is 0 Å². The minimum absolute atomic E-state index is 0.000992. The summed E-state index contributed by atoms with van der Waals surface area (Å²) in [5.74, 6) is 0. The second-order valence-corrected chi connectivity index (χ2v) is 6.25. The van der Waals surface area contributed by atoms with Crippen LogP contribution in [0, 0.1) is 0 Å². The van der Waals surface area contributed by atoms with E-state index in [1.54, 1.807) is 18.2 Å². The first-order valence-corrected chi connectivity index (χ1v) is 8.06. The van der Waals surface area contributed by atoms with Crippen LogP contribution < -0.4 is 10.0 Å². The highest BCUT2D eigenvalue weighted by Crippen LogP contribution is 2.20. The number of sulfonamides is 1. The molecule has 0 bridgehead atoms. The van der Waals surface area contributed by atoms with Crippen molar-refractivity contribution in [3.8, 4) is 0 Å². The summed E-state index contributed by atoms with van der Waals surface area (Å²) < 4.78 is 32.6. The maximum absolute atomic E-state index is 12.3. The lowest BCUT2D eigenvalue weighted by Crippen LogP contribution is -2.32. The fraction of sp³-hybridized carbons (Fsp3) is 0.538. The maximum atomic E-state index is 12.3. The predicted molar refractivity (Wildman–Crippen MR) is 74.8 cm³/mol. The molecule has 0 spiro atoms. The predicted octanol–water partition coefficient (Wildman–Crippen LogP) is 1.58. The Morgan fingerprint density at radius 3 is 2.84 bits per heavy atom. The normalized spacial score (nSPS) is 19.5. The van der Waals surface area contributed by atoms with Crippen LogP contribution in [0.2, 0.25) is 0 Å². The molecule has 1 unspecified atom stereocenters. The third-order valence-corrected chi connectivity index (χ3v) is 4.55. The first kappa shape index (κ1) is 14.3. The lowest BCUT2D eigenvalue weighted by atomic mass is 10.2. The van der Waals surface area contributed by atoms with Gasteiger partial charge in [0.1, 0.15) is 4.90 Å². The van der Waals surface area contributed by atoms with Gasteiger partial charge in [-0.3, -0.25) is 0 Å². The number of hydrogen-bond donors (Lipinski definition) is 2. The summed E-state index contributed by atoms with van der Waals surface area (Å²) in [5, 5.41) is 3.06. The van der Waals surface area contributed by atoms with Crippen molar-refractivity contribution >= 4 is 15.7 Å². The molecule has 1 heterocycles. The number of benzene rings is 1. The summed E-state index contributed by atoms with van der Waals surface area (Å²) in [5.41, 5.74) is 0.629. The Labute approximate surface area is 114 Å². The summed E-state index contributed by atoms with van der Waals surface area (Å²) in [6.07, 6.45) is 1.92. The van der Waals surface area contributed by atoms with Gasteiger partial charge in [0.25, 0.3) is 0 Å². The molecule has 1 aromatic rings. The lowest BCUT2D eigenvalue weighted by Gasteiger charge is -2.14. The Bertz CT molecular complexity index is 510. The molecule has 106 valence electrons. The maximum Gasteiger partial charge on any atom is 0.242 e. The molecule has 0 aromatic heterocycles. The molecule has 6 heteroatoms. The largest absolute Gasteiger partial charge is 0.384 e. The van der Waals surface area contributed by atoms with Crippen molar-refractivity contribution in [3.05, 3.63) is 24.3 Å². The van der Waals surface area contributed by atoms with Crippen molar-refractivity contribution < 1.29 is 13.2 Å². The van der Waals surface area contributed by atoms with Crippen LogP contribution in [-0.4, -0.2) is 34.2 Å². The van der Waals surface area contributed by atoms with Crippen LogP contribution in [0.15, 0.2) is 29.2 Å². The molecule has 1 aliphatic rings. The Morgan fingerprint density at radius 2 is 2.16 bits per heavy atom. The standard InChI is InChI=1S/C13H20N2O3S/c1-2-14-12-7-3-4-8-13(12)19(16,17)15-10-11-6-5-9-18-11/h3-4,7-8,11,14-15H,2,5-6,9-10H2,1H3. The van der Waals surface area contributed by atoms with Crippen molar-refractivity contribution in [1.29, 1.82) is 0 Å². The van der Waals surface area contributed by atoms with Gasteiger partial charge in [-0.05, 0) is 31.9 Å². The molecule has 2 N–H and O–H groups in total. The van der Waals surface area contributed by atoms with E-state index in [0.29, 0.717) is 18.8 Å².